The van der Waals surface area contributed by atoms with Crippen LogP contribution in [0.2, 0.25) is 0 Å². The van der Waals surface area contributed by atoms with Crippen LogP contribution in [0.5, 0.6) is 5.75 Å². The van der Waals surface area contributed by atoms with Gasteiger partial charge in [-0.05, 0) is 44.2 Å². The molecule has 80 valence electrons. The number of amides is 1. The Morgan fingerprint density at radius 3 is 2.60 bits per heavy atom. The van der Waals surface area contributed by atoms with E-state index in [1.165, 1.54) is 6.08 Å². The van der Waals surface area contributed by atoms with Crippen molar-refractivity contribution in [1.82, 2.24) is 0 Å². The first kappa shape index (κ1) is 11.3. The summed E-state index contributed by atoms with van der Waals surface area (Å²) >= 11 is 0. The van der Waals surface area contributed by atoms with E-state index in [0.29, 0.717) is 6.61 Å². The van der Waals surface area contributed by atoms with Gasteiger partial charge in [0.05, 0.1) is 6.61 Å². The van der Waals surface area contributed by atoms with Gasteiger partial charge in [-0.25, -0.2) is 0 Å². The summed E-state index contributed by atoms with van der Waals surface area (Å²) in [5.41, 5.74) is 0.765. The second-order valence-corrected chi connectivity index (χ2v) is 2.95. The normalized spacial score (nSPS) is 10.3. The third-order valence-electron chi connectivity index (χ3n) is 1.75. The van der Waals surface area contributed by atoms with E-state index in [2.05, 4.69) is 5.32 Å². The van der Waals surface area contributed by atoms with E-state index in [4.69, 9.17) is 4.74 Å². The molecule has 1 rings (SSSR count). The molecule has 15 heavy (non-hydrogen) atoms. The number of hydrogen-bond donors (Lipinski definition) is 1. The van der Waals surface area contributed by atoms with Gasteiger partial charge < -0.3 is 10.1 Å². The lowest BCUT2D eigenvalue weighted by atomic mass is 10.3. The predicted molar refractivity (Wildman–Crippen MR) is 61.1 cm³/mol. The van der Waals surface area contributed by atoms with E-state index >= 15 is 0 Å². The van der Waals surface area contributed by atoms with Crippen LogP contribution < -0.4 is 10.1 Å². The molecular formula is C12H15NO2. The van der Waals surface area contributed by atoms with E-state index in [0.717, 1.165) is 11.4 Å². The molecule has 1 N–H and O–H groups in total. The lowest BCUT2D eigenvalue weighted by Crippen LogP contribution is -2.07. The van der Waals surface area contributed by atoms with Gasteiger partial charge in [-0.15, -0.1) is 0 Å². The molecule has 0 aliphatic rings. The molecule has 0 atom stereocenters. The van der Waals surface area contributed by atoms with Gasteiger partial charge in [-0.2, -0.15) is 0 Å². The van der Waals surface area contributed by atoms with Crippen LogP contribution in [0.3, 0.4) is 0 Å². The van der Waals surface area contributed by atoms with E-state index in [9.17, 15) is 4.79 Å². The zero-order valence-corrected chi connectivity index (χ0v) is 8.99. The topological polar surface area (TPSA) is 38.3 Å². The lowest BCUT2D eigenvalue weighted by molar-refractivity contribution is -0.111. The molecule has 1 aromatic rings. The van der Waals surface area contributed by atoms with Gasteiger partial charge in [-0.3, -0.25) is 4.79 Å². The van der Waals surface area contributed by atoms with Crippen molar-refractivity contribution in [1.29, 1.82) is 0 Å². The minimum absolute atomic E-state index is 0.123. The average molecular weight is 205 g/mol. The molecule has 0 radical (unpaired) electrons. The minimum atomic E-state index is -0.123. The molecule has 3 nitrogen and oxygen atoms in total. The van der Waals surface area contributed by atoms with Gasteiger partial charge in [0.25, 0.3) is 0 Å². The van der Waals surface area contributed by atoms with Crippen LogP contribution in [0, 0.1) is 0 Å². The summed E-state index contributed by atoms with van der Waals surface area (Å²) in [6, 6.07) is 7.28. The van der Waals surface area contributed by atoms with Crippen molar-refractivity contribution < 1.29 is 9.53 Å². The van der Waals surface area contributed by atoms with Crippen LogP contribution >= 0.6 is 0 Å². The number of rotatable bonds is 4. The monoisotopic (exact) mass is 205 g/mol. The van der Waals surface area contributed by atoms with Crippen LogP contribution in [0.1, 0.15) is 13.8 Å². The maximum Gasteiger partial charge on any atom is 0.248 e. The molecule has 3 heteroatoms. The zero-order chi connectivity index (χ0) is 11.1. The molecule has 1 amide bonds. The van der Waals surface area contributed by atoms with Crippen molar-refractivity contribution >= 4 is 11.6 Å². The van der Waals surface area contributed by atoms with Crippen LogP contribution in [-0.4, -0.2) is 12.5 Å². The number of hydrogen-bond acceptors (Lipinski definition) is 2. The van der Waals surface area contributed by atoms with Crippen LogP contribution in [0.15, 0.2) is 36.4 Å². The summed E-state index contributed by atoms with van der Waals surface area (Å²) in [6.45, 7) is 4.38. The van der Waals surface area contributed by atoms with Crippen molar-refractivity contribution in [3.05, 3.63) is 36.4 Å². The Balaban J connectivity index is 2.60. The Morgan fingerprint density at radius 1 is 1.40 bits per heavy atom. The van der Waals surface area contributed by atoms with E-state index < -0.39 is 0 Å². The molecule has 0 bridgehead atoms. The van der Waals surface area contributed by atoms with Crippen molar-refractivity contribution in [2.75, 3.05) is 11.9 Å². The maximum atomic E-state index is 11.2. The Labute approximate surface area is 89.8 Å². The summed E-state index contributed by atoms with van der Waals surface area (Å²) < 4.78 is 5.29. The Hall–Kier alpha value is -1.77. The molecule has 0 aromatic heterocycles. The molecule has 0 aliphatic carbocycles. The third-order valence-corrected chi connectivity index (χ3v) is 1.75. The van der Waals surface area contributed by atoms with Crippen LogP contribution in [0.4, 0.5) is 5.69 Å². The molecule has 0 heterocycles. The number of nitrogens with one attached hydrogen (secondary N) is 1. The highest BCUT2D eigenvalue weighted by Crippen LogP contribution is 2.15. The predicted octanol–water partition coefficient (Wildman–Crippen LogP) is 2.60. The van der Waals surface area contributed by atoms with Crippen LogP contribution in [0.25, 0.3) is 0 Å². The maximum absolute atomic E-state index is 11.2. The molecule has 0 unspecified atom stereocenters. The molecule has 0 aliphatic heterocycles. The van der Waals surface area contributed by atoms with Gasteiger partial charge in [0.2, 0.25) is 5.91 Å². The van der Waals surface area contributed by atoms with E-state index in [1.54, 1.807) is 13.0 Å². The van der Waals surface area contributed by atoms with Crippen molar-refractivity contribution in [2.45, 2.75) is 13.8 Å². The smallest absolute Gasteiger partial charge is 0.248 e. The molecule has 0 spiro atoms. The molecule has 0 fully saturated rings. The fourth-order valence-corrected chi connectivity index (χ4v) is 1.14. The largest absolute Gasteiger partial charge is 0.494 e. The Morgan fingerprint density at radius 2 is 2.07 bits per heavy atom. The van der Waals surface area contributed by atoms with Gasteiger partial charge in [-0.1, -0.05) is 6.08 Å². The summed E-state index contributed by atoms with van der Waals surface area (Å²) in [6.07, 6.45) is 3.18. The number of allylic oxidation sites excluding steroid dienone is 1. The Kier molecular flexibility index (Phi) is 4.41. The van der Waals surface area contributed by atoms with Gasteiger partial charge >= 0.3 is 0 Å². The Bertz CT molecular complexity index is 341. The van der Waals surface area contributed by atoms with Crippen molar-refractivity contribution in [3.63, 3.8) is 0 Å². The highest BCUT2D eigenvalue weighted by atomic mass is 16.5. The minimum Gasteiger partial charge on any atom is -0.494 e. The van der Waals surface area contributed by atoms with E-state index in [1.807, 2.05) is 31.2 Å². The summed E-state index contributed by atoms with van der Waals surface area (Å²) in [5, 5.41) is 2.73. The quantitative estimate of drug-likeness (QED) is 0.767. The number of carbonyl (C=O) groups excluding carboxylic acids is 1. The number of carbonyl (C=O) groups is 1. The number of benzene rings is 1. The summed E-state index contributed by atoms with van der Waals surface area (Å²) in [5.74, 6) is 0.684. The first-order valence-electron chi connectivity index (χ1n) is 4.92. The first-order chi connectivity index (χ1) is 7.26. The SMILES string of the molecule is C/C=C/C(=O)Nc1ccc(OCC)cc1. The zero-order valence-electron chi connectivity index (χ0n) is 8.99. The number of ether oxygens (including phenoxy) is 1. The van der Waals surface area contributed by atoms with Crippen LogP contribution in [-0.2, 0) is 4.79 Å². The average Bonchev–Trinajstić information content (AvgIpc) is 2.22. The molecule has 0 saturated heterocycles. The molecule has 0 saturated carbocycles. The molecular weight excluding hydrogens is 190 g/mol. The van der Waals surface area contributed by atoms with Crippen molar-refractivity contribution in [2.24, 2.45) is 0 Å². The fourth-order valence-electron chi connectivity index (χ4n) is 1.14. The summed E-state index contributed by atoms with van der Waals surface area (Å²) in [7, 11) is 0. The summed E-state index contributed by atoms with van der Waals surface area (Å²) in [4.78, 5) is 11.2. The highest BCUT2D eigenvalue weighted by molar-refractivity contribution is 5.99. The second kappa shape index (κ2) is 5.86. The molecule has 1 aromatic carbocycles. The van der Waals surface area contributed by atoms with Gasteiger partial charge in [0.15, 0.2) is 0 Å². The second-order valence-electron chi connectivity index (χ2n) is 2.95. The highest BCUT2D eigenvalue weighted by Gasteiger charge is 1.97. The van der Waals surface area contributed by atoms with Gasteiger partial charge in [0.1, 0.15) is 5.75 Å². The lowest BCUT2D eigenvalue weighted by Gasteiger charge is -2.05. The third kappa shape index (κ3) is 3.85. The van der Waals surface area contributed by atoms with Gasteiger partial charge in [0, 0.05) is 5.69 Å². The number of anilines is 1. The van der Waals surface area contributed by atoms with E-state index in [-0.39, 0.29) is 5.91 Å². The fraction of sp³-hybridized carbons (Fsp3) is 0.250. The first-order valence-corrected chi connectivity index (χ1v) is 4.92. The van der Waals surface area contributed by atoms with Crippen molar-refractivity contribution in [3.8, 4) is 5.75 Å². The standard InChI is InChI=1S/C12H15NO2/c1-3-5-12(14)13-10-6-8-11(9-7-10)15-4-2/h3,5-9H,4H2,1-2H3,(H,13,14)/b5-3+.